The van der Waals surface area contributed by atoms with Crippen LogP contribution in [0.1, 0.15) is 0 Å². The topological polar surface area (TPSA) is 54.5 Å². The molecule has 0 unspecified atom stereocenters. The van der Waals surface area contributed by atoms with E-state index in [-0.39, 0.29) is 0 Å². The van der Waals surface area contributed by atoms with Crippen molar-refractivity contribution in [2.45, 2.75) is 0 Å². The van der Waals surface area contributed by atoms with Gasteiger partial charge in [-0.1, -0.05) is 23.2 Å². The van der Waals surface area contributed by atoms with Gasteiger partial charge in [-0.3, -0.25) is 10.1 Å². The van der Waals surface area contributed by atoms with Crippen LogP contribution in [-0.4, -0.2) is 20.2 Å². The van der Waals surface area contributed by atoms with Crippen LogP contribution in [-0.2, 0) is 0 Å². The average molecular weight is 315 g/mol. The number of nitrogens with zero attached hydrogens (tertiary/aromatic N) is 3. The van der Waals surface area contributed by atoms with Crippen LogP contribution >= 0.6 is 23.2 Å². The Bertz CT molecular complexity index is 958. The van der Waals surface area contributed by atoms with Crippen molar-refractivity contribution >= 4 is 45.1 Å². The van der Waals surface area contributed by atoms with E-state index in [2.05, 4.69) is 20.2 Å². The van der Waals surface area contributed by atoms with E-state index in [0.29, 0.717) is 10.0 Å². The Labute approximate surface area is 129 Å². The van der Waals surface area contributed by atoms with Crippen molar-refractivity contribution in [3.63, 3.8) is 0 Å². The average Bonchev–Trinajstić information content (AvgIpc) is 2.90. The molecular weight excluding hydrogens is 307 g/mol. The zero-order valence-corrected chi connectivity index (χ0v) is 12.2. The fraction of sp³-hybridized carbons (Fsp3) is 0. The molecule has 0 fully saturated rings. The van der Waals surface area contributed by atoms with Gasteiger partial charge in [0, 0.05) is 21.0 Å². The van der Waals surface area contributed by atoms with Gasteiger partial charge in [0.05, 0.1) is 34.6 Å². The molecule has 0 bridgehead atoms. The second-order valence-corrected chi connectivity index (χ2v) is 5.58. The van der Waals surface area contributed by atoms with E-state index in [1.54, 1.807) is 18.5 Å². The van der Waals surface area contributed by atoms with Crippen LogP contribution in [0.3, 0.4) is 0 Å². The molecule has 0 spiro atoms. The summed E-state index contributed by atoms with van der Waals surface area (Å²) < 4.78 is 0. The van der Waals surface area contributed by atoms with E-state index in [9.17, 15) is 0 Å². The first-order chi connectivity index (χ1) is 10.2. The van der Waals surface area contributed by atoms with Crippen molar-refractivity contribution in [1.82, 2.24) is 20.2 Å². The fourth-order valence-corrected chi connectivity index (χ4v) is 2.82. The Morgan fingerprint density at radius 1 is 0.857 bits per heavy atom. The van der Waals surface area contributed by atoms with E-state index in [4.69, 9.17) is 23.2 Å². The lowest BCUT2D eigenvalue weighted by Crippen LogP contribution is -1.89. The maximum absolute atomic E-state index is 6.04. The van der Waals surface area contributed by atoms with Crippen LogP contribution in [0.25, 0.3) is 33.2 Å². The fourth-order valence-electron chi connectivity index (χ4n) is 2.29. The number of hydrogen-bond acceptors (Lipinski definition) is 3. The third kappa shape index (κ3) is 2.22. The van der Waals surface area contributed by atoms with Gasteiger partial charge in [-0.2, -0.15) is 5.10 Å². The van der Waals surface area contributed by atoms with Gasteiger partial charge < -0.3 is 0 Å². The lowest BCUT2D eigenvalue weighted by Gasteiger charge is -2.04. The Morgan fingerprint density at radius 2 is 1.67 bits per heavy atom. The normalized spacial score (nSPS) is 11.3. The summed E-state index contributed by atoms with van der Waals surface area (Å²) in [6, 6.07) is 9.21. The number of fused-ring (bicyclic) bond motifs is 2. The highest BCUT2D eigenvalue weighted by molar-refractivity contribution is 6.35. The zero-order chi connectivity index (χ0) is 14.4. The first-order valence-corrected chi connectivity index (χ1v) is 7.01. The van der Waals surface area contributed by atoms with Gasteiger partial charge >= 0.3 is 0 Å². The molecule has 4 aromatic rings. The summed E-state index contributed by atoms with van der Waals surface area (Å²) >= 11 is 12.1. The highest BCUT2D eigenvalue weighted by atomic mass is 35.5. The van der Waals surface area contributed by atoms with Crippen LogP contribution in [0.2, 0.25) is 10.0 Å². The minimum Gasteiger partial charge on any atom is -0.278 e. The Hall–Kier alpha value is -2.17. The SMILES string of the molecule is Clc1cc(Cl)cc(-c2cnc3cc4[nH]ncc4cc3n2)c1. The van der Waals surface area contributed by atoms with Gasteiger partial charge in [0.2, 0.25) is 0 Å². The third-order valence-electron chi connectivity index (χ3n) is 3.26. The summed E-state index contributed by atoms with van der Waals surface area (Å²) in [6.07, 6.45) is 3.48. The van der Waals surface area contributed by atoms with Gasteiger partial charge in [0.1, 0.15) is 0 Å². The van der Waals surface area contributed by atoms with Gasteiger partial charge in [-0.25, -0.2) is 4.98 Å². The molecule has 0 aliphatic heterocycles. The number of aromatic nitrogens is 4. The molecule has 4 rings (SSSR count). The summed E-state index contributed by atoms with van der Waals surface area (Å²) in [5.74, 6) is 0. The van der Waals surface area contributed by atoms with Crippen LogP contribution in [0.15, 0.2) is 42.7 Å². The monoisotopic (exact) mass is 314 g/mol. The van der Waals surface area contributed by atoms with Crippen LogP contribution in [0, 0.1) is 0 Å². The predicted molar refractivity (Wildman–Crippen MR) is 84.6 cm³/mol. The molecule has 0 radical (unpaired) electrons. The van der Waals surface area contributed by atoms with Crippen LogP contribution in [0.5, 0.6) is 0 Å². The molecule has 4 nitrogen and oxygen atoms in total. The molecule has 2 aromatic heterocycles. The minimum absolute atomic E-state index is 0.574. The van der Waals surface area contributed by atoms with Gasteiger partial charge in [-0.15, -0.1) is 0 Å². The van der Waals surface area contributed by atoms with Crippen molar-refractivity contribution in [1.29, 1.82) is 0 Å². The molecule has 0 saturated carbocycles. The first-order valence-electron chi connectivity index (χ1n) is 6.25. The number of rotatable bonds is 1. The number of halogens is 2. The lowest BCUT2D eigenvalue weighted by molar-refractivity contribution is 1.12. The smallest absolute Gasteiger partial charge is 0.0909 e. The molecule has 0 atom stereocenters. The molecule has 21 heavy (non-hydrogen) atoms. The highest BCUT2D eigenvalue weighted by Gasteiger charge is 2.07. The molecule has 102 valence electrons. The quantitative estimate of drug-likeness (QED) is 0.563. The number of aromatic amines is 1. The molecule has 0 amide bonds. The Morgan fingerprint density at radius 3 is 2.48 bits per heavy atom. The second-order valence-electron chi connectivity index (χ2n) is 4.71. The first kappa shape index (κ1) is 12.6. The number of nitrogens with one attached hydrogen (secondary N) is 1. The van der Waals surface area contributed by atoms with Crippen molar-refractivity contribution in [3.05, 3.63) is 52.8 Å². The largest absolute Gasteiger partial charge is 0.278 e. The highest BCUT2D eigenvalue weighted by Crippen LogP contribution is 2.27. The summed E-state index contributed by atoms with van der Waals surface area (Å²) in [5, 5.41) is 9.08. The maximum atomic E-state index is 6.04. The van der Waals surface area contributed by atoms with Crippen molar-refractivity contribution < 1.29 is 0 Å². The molecule has 2 aromatic carbocycles. The van der Waals surface area contributed by atoms with E-state index < -0.39 is 0 Å². The standard InChI is InChI=1S/C15H8Cl2N4/c16-10-1-8(2-11(17)4-10)15-7-18-13-5-12-9(6-19-21-12)3-14(13)20-15/h1-7H,(H,19,21). The van der Waals surface area contributed by atoms with E-state index in [0.717, 1.165) is 33.2 Å². The molecule has 0 aliphatic carbocycles. The Kier molecular flexibility index (Phi) is 2.80. The zero-order valence-electron chi connectivity index (χ0n) is 10.6. The van der Waals surface area contributed by atoms with E-state index in [1.807, 2.05) is 24.3 Å². The molecule has 2 heterocycles. The lowest BCUT2D eigenvalue weighted by atomic mass is 10.1. The summed E-state index contributed by atoms with van der Waals surface area (Å²) in [7, 11) is 0. The molecule has 1 N–H and O–H groups in total. The minimum atomic E-state index is 0.574. The van der Waals surface area contributed by atoms with Gasteiger partial charge in [0.15, 0.2) is 0 Å². The third-order valence-corrected chi connectivity index (χ3v) is 3.70. The van der Waals surface area contributed by atoms with Crippen LogP contribution in [0.4, 0.5) is 0 Å². The van der Waals surface area contributed by atoms with Gasteiger partial charge in [0.25, 0.3) is 0 Å². The summed E-state index contributed by atoms with van der Waals surface area (Å²) in [4.78, 5) is 9.09. The predicted octanol–water partition coefficient (Wildman–Crippen LogP) is 4.48. The van der Waals surface area contributed by atoms with Crippen molar-refractivity contribution in [2.24, 2.45) is 0 Å². The second kappa shape index (κ2) is 4.69. The van der Waals surface area contributed by atoms with E-state index >= 15 is 0 Å². The number of H-pyrrole nitrogens is 1. The number of hydrogen-bond donors (Lipinski definition) is 1. The van der Waals surface area contributed by atoms with Crippen LogP contribution < -0.4 is 0 Å². The molecule has 0 saturated heterocycles. The molecule has 0 aliphatic rings. The maximum Gasteiger partial charge on any atom is 0.0909 e. The molecule has 6 heteroatoms. The van der Waals surface area contributed by atoms with Crippen molar-refractivity contribution in [2.75, 3.05) is 0 Å². The number of benzene rings is 2. The Balaban J connectivity index is 1.94. The van der Waals surface area contributed by atoms with E-state index in [1.165, 1.54) is 0 Å². The van der Waals surface area contributed by atoms with Crippen molar-refractivity contribution in [3.8, 4) is 11.3 Å². The van der Waals surface area contributed by atoms with Gasteiger partial charge in [-0.05, 0) is 30.3 Å². The summed E-state index contributed by atoms with van der Waals surface area (Å²) in [6.45, 7) is 0. The molecular formula is C15H8Cl2N4. The summed E-state index contributed by atoms with van der Waals surface area (Å²) in [5.41, 5.74) is 4.13.